The molecule has 0 aromatic rings. The quantitative estimate of drug-likeness (QED) is 0.0373. The Morgan fingerprint density at radius 2 is 0.513 bits per heavy atom. The van der Waals surface area contributed by atoms with Crippen LogP contribution in [-0.4, -0.2) is 36.4 Å². The molecule has 1 N–H and O–H groups in total. The average Bonchev–Trinajstić information content (AvgIpc) is 3.44. The SMILES string of the molecule is CC/C=C\C/C=C\C/C=C\C/C=C\C/C=C\C/C=C\C/C=C\CCCCCCCC(=O)OC(CO)COC(=O)CCCCCCCCCCCCCCCCCCCC/C=C\C/C=C\C/C=C\C/C=C\C/C=C\C/C=C\CC. The van der Waals surface area contributed by atoms with Gasteiger partial charge in [0.15, 0.2) is 6.10 Å². The molecule has 1 unspecified atom stereocenters. The van der Waals surface area contributed by atoms with Crippen molar-refractivity contribution < 1.29 is 24.2 Å². The number of carbonyl (C=O) groups is 2. The Morgan fingerprint density at radius 3 is 0.769 bits per heavy atom. The van der Waals surface area contributed by atoms with E-state index in [-0.39, 0.29) is 25.2 Å². The molecule has 440 valence electrons. The Labute approximate surface area is 481 Å². The standard InChI is InChI=1S/C73H118O5/c1-3-5-7-9-11-13-15-17-19-21-23-25-27-29-31-32-33-34-35-36-37-38-39-40-42-43-45-47-49-51-53-55-57-59-61-63-65-67-72(75)77-70-71(69-74)78-73(76)68-66-64-62-60-58-56-54-52-50-48-46-44-41-30-28-26-24-22-20-18-16-14-12-10-8-6-4-2/h5-8,11-14,17-20,23-26,29-31,33-34,41,46,48,52,54,71,74H,3-4,9-10,15-16,21-22,27-28,32,35-40,42-45,47,49-51,53,55-70H2,1-2H3/b7-5-,8-6-,13-11-,14-12-,19-17-,20-18-,25-23-,26-24-,31-29-,34-33-,41-30-,48-46-,54-52-. The van der Waals surface area contributed by atoms with Crippen molar-refractivity contribution in [2.45, 2.75) is 277 Å². The first kappa shape index (κ1) is 73.5. The van der Waals surface area contributed by atoms with Gasteiger partial charge in [-0.3, -0.25) is 9.59 Å². The first-order valence-corrected chi connectivity index (χ1v) is 32.0. The maximum Gasteiger partial charge on any atom is 0.306 e. The van der Waals surface area contributed by atoms with E-state index in [0.29, 0.717) is 12.8 Å². The van der Waals surface area contributed by atoms with Gasteiger partial charge in [-0.15, -0.1) is 0 Å². The van der Waals surface area contributed by atoms with Crippen LogP contribution in [0.4, 0.5) is 0 Å². The highest BCUT2D eigenvalue weighted by atomic mass is 16.6. The number of hydrogen-bond acceptors (Lipinski definition) is 5. The number of aliphatic hydroxyl groups excluding tert-OH is 1. The van der Waals surface area contributed by atoms with E-state index >= 15 is 0 Å². The van der Waals surface area contributed by atoms with Gasteiger partial charge in [0.1, 0.15) is 6.61 Å². The van der Waals surface area contributed by atoms with Crippen molar-refractivity contribution in [1.82, 2.24) is 0 Å². The number of esters is 2. The minimum atomic E-state index is -0.794. The second kappa shape index (κ2) is 66.8. The van der Waals surface area contributed by atoms with Crippen LogP contribution in [0.5, 0.6) is 0 Å². The molecule has 5 nitrogen and oxygen atoms in total. The zero-order valence-electron chi connectivity index (χ0n) is 50.4. The van der Waals surface area contributed by atoms with Crippen molar-refractivity contribution in [3.63, 3.8) is 0 Å². The molecule has 0 spiro atoms. The summed E-state index contributed by atoms with van der Waals surface area (Å²) in [5.41, 5.74) is 0. The molecule has 0 aliphatic rings. The van der Waals surface area contributed by atoms with Gasteiger partial charge < -0.3 is 14.6 Å². The summed E-state index contributed by atoms with van der Waals surface area (Å²) in [6.07, 6.45) is 102. The number of unbranched alkanes of at least 4 members (excludes halogenated alkanes) is 23. The highest BCUT2D eigenvalue weighted by Crippen LogP contribution is 2.16. The summed E-state index contributed by atoms with van der Waals surface area (Å²) in [7, 11) is 0. The third-order valence-electron chi connectivity index (χ3n) is 13.3. The smallest absolute Gasteiger partial charge is 0.306 e. The summed E-state index contributed by atoms with van der Waals surface area (Å²) in [5, 5.41) is 9.68. The third-order valence-corrected chi connectivity index (χ3v) is 13.3. The molecule has 0 bridgehead atoms. The molecule has 0 amide bonds. The van der Waals surface area contributed by atoms with E-state index in [1.54, 1.807) is 0 Å². The normalized spacial score (nSPS) is 13.3. The second-order valence-corrected chi connectivity index (χ2v) is 20.7. The van der Waals surface area contributed by atoms with Crippen molar-refractivity contribution in [2.75, 3.05) is 13.2 Å². The molecule has 0 saturated heterocycles. The Bertz CT molecular complexity index is 1690. The fourth-order valence-corrected chi connectivity index (χ4v) is 8.60. The molecule has 0 aromatic carbocycles. The number of aliphatic hydroxyl groups is 1. The van der Waals surface area contributed by atoms with Crippen LogP contribution in [0.3, 0.4) is 0 Å². The van der Waals surface area contributed by atoms with E-state index in [9.17, 15) is 14.7 Å². The molecule has 78 heavy (non-hydrogen) atoms. The topological polar surface area (TPSA) is 72.8 Å². The summed E-state index contributed by atoms with van der Waals surface area (Å²) >= 11 is 0. The van der Waals surface area contributed by atoms with Crippen LogP contribution in [0, 0.1) is 0 Å². The van der Waals surface area contributed by atoms with Crippen LogP contribution in [-0.2, 0) is 19.1 Å². The predicted octanol–water partition coefficient (Wildman–Crippen LogP) is 22.3. The van der Waals surface area contributed by atoms with Gasteiger partial charge in [0.2, 0.25) is 0 Å². The highest BCUT2D eigenvalue weighted by Gasteiger charge is 2.16. The molecular formula is C73H118O5. The maximum atomic E-state index is 12.3. The molecule has 5 heteroatoms. The van der Waals surface area contributed by atoms with Crippen LogP contribution < -0.4 is 0 Å². The lowest BCUT2D eigenvalue weighted by Crippen LogP contribution is -2.28. The fourth-order valence-electron chi connectivity index (χ4n) is 8.60. The minimum Gasteiger partial charge on any atom is -0.462 e. The Kier molecular flexibility index (Phi) is 63.0. The van der Waals surface area contributed by atoms with E-state index < -0.39 is 6.10 Å². The first-order chi connectivity index (χ1) is 38.6. The summed E-state index contributed by atoms with van der Waals surface area (Å²) in [6, 6.07) is 0. The van der Waals surface area contributed by atoms with Crippen LogP contribution in [0.25, 0.3) is 0 Å². The second-order valence-electron chi connectivity index (χ2n) is 20.7. The lowest BCUT2D eigenvalue weighted by molar-refractivity contribution is -0.161. The van der Waals surface area contributed by atoms with Crippen molar-refractivity contribution in [2.24, 2.45) is 0 Å². The monoisotopic (exact) mass is 1070 g/mol. The summed E-state index contributed by atoms with van der Waals surface area (Å²) < 4.78 is 10.7. The van der Waals surface area contributed by atoms with E-state index in [4.69, 9.17) is 9.47 Å². The van der Waals surface area contributed by atoms with Crippen LogP contribution in [0.2, 0.25) is 0 Å². The van der Waals surface area contributed by atoms with Crippen molar-refractivity contribution >= 4 is 11.9 Å². The lowest BCUT2D eigenvalue weighted by atomic mass is 10.0. The molecule has 0 aliphatic heterocycles. The molecule has 0 fully saturated rings. The molecule has 0 radical (unpaired) electrons. The zero-order valence-corrected chi connectivity index (χ0v) is 50.4. The van der Waals surface area contributed by atoms with Gasteiger partial charge in [0.05, 0.1) is 6.61 Å². The van der Waals surface area contributed by atoms with Gasteiger partial charge in [-0.1, -0.05) is 294 Å². The lowest BCUT2D eigenvalue weighted by Gasteiger charge is -2.15. The van der Waals surface area contributed by atoms with E-state index in [2.05, 4.69) is 172 Å². The zero-order chi connectivity index (χ0) is 56.2. The molecule has 0 heterocycles. The summed E-state index contributed by atoms with van der Waals surface area (Å²) in [4.78, 5) is 24.6. The number of rotatable bonds is 57. The molecule has 0 saturated carbocycles. The Balaban J connectivity index is 3.54. The Morgan fingerprint density at radius 1 is 0.295 bits per heavy atom. The largest absolute Gasteiger partial charge is 0.462 e. The van der Waals surface area contributed by atoms with E-state index in [1.165, 1.54) is 103 Å². The predicted molar refractivity (Wildman–Crippen MR) is 343 cm³/mol. The summed E-state index contributed by atoms with van der Waals surface area (Å²) in [6.45, 7) is 3.90. The molecule has 0 rings (SSSR count). The number of carbonyl (C=O) groups excluding carboxylic acids is 2. The van der Waals surface area contributed by atoms with Crippen molar-refractivity contribution in [3.8, 4) is 0 Å². The van der Waals surface area contributed by atoms with E-state index in [0.717, 1.165) is 141 Å². The maximum absolute atomic E-state index is 12.3. The Hall–Kier alpha value is -4.48. The van der Waals surface area contributed by atoms with Gasteiger partial charge in [0, 0.05) is 12.8 Å². The fraction of sp³-hybridized carbons (Fsp3) is 0.616. The van der Waals surface area contributed by atoms with Gasteiger partial charge in [0.25, 0.3) is 0 Å². The van der Waals surface area contributed by atoms with Crippen LogP contribution >= 0.6 is 0 Å². The van der Waals surface area contributed by atoms with Gasteiger partial charge in [-0.2, -0.15) is 0 Å². The first-order valence-electron chi connectivity index (χ1n) is 32.0. The number of allylic oxidation sites excluding steroid dienone is 26. The summed E-state index contributed by atoms with van der Waals surface area (Å²) in [5.74, 6) is -0.616. The van der Waals surface area contributed by atoms with Gasteiger partial charge >= 0.3 is 11.9 Å². The van der Waals surface area contributed by atoms with Gasteiger partial charge in [-0.25, -0.2) is 0 Å². The molecule has 0 aromatic heterocycles. The molecule has 1 atom stereocenters. The highest BCUT2D eigenvalue weighted by molar-refractivity contribution is 5.70. The third kappa shape index (κ3) is 64.0. The number of ether oxygens (including phenoxy) is 2. The van der Waals surface area contributed by atoms with Gasteiger partial charge in [-0.05, 0) is 122 Å². The number of hydrogen-bond donors (Lipinski definition) is 1. The average molecular weight is 1080 g/mol. The van der Waals surface area contributed by atoms with Crippen molar-refractivity contribution in [3.05, 3.63) is 158 Å². The van der Waals surface area contributed by atoms with Crippen LogP contribution in [0.1, 0.15) is 271 Å². The minimum absolute atomic E-state index is 0.0814. The molecular weight excluding hydrogens is 957 g/mol. The van der Waals surface area contributed by atoms with E-state index in [1.807, 2.05) is 0 Å². The van der Waals surface area contributed by atoms with Crippen molar-refractivity contribution in [1.29, 1.82) is 0 Å². The van der Waals surface area contributed by atoms with Crippen LogP contribution in [0.15, 0.2) is 158 Å². The molecule has 0 aliphatic carbocycles.